The number of hydrogen-bond acceptors (Lipinski definition) is 4. The van der Waals surface area contributed by atoms with Gasteiger partial charge in [-0.15, -0.1) is 0 Å². The number of hydrogen-bond donors (Lipinski definition) is 0. The van der Waals surface area contributed by atoms with Gasteiger partial charge in [0.05, 0.1) is 11.4 Å². The van der Waals surface area contributed by atoms with E-state index in [0.717, 1.165) is 40.1 Å². The molecule has 1 aromatic carbocycles. The topological polar surface area (TPSA) is 55.2 Å². The highest BCUT2D eigenvalue weighted by Gasteiger charge is 2.35. The third kappa shape index (κ3) is 3.86. The average molecular weight is 424 g/mol. The molecule has 7 heteroatoms. The minimum Gasteiger partial charge on any atom is -0.303 e. The molecule has 5 nitrogen and oxygen atoms in total. The van der Waals surface area contributed by atoms with E-state index in [2.05, 4.69) is 4.98 Å². The number of rotatable bonds is 4. The summed E-state index contributed by atoms with van der Waals surface area (Å²) >= 11 is 6.87. The number of thioether (sulfide) groups is 1. The van der Waals surface area contributed by atoms with Crippen LogP contribution >= 0.6 is 23.4 Å². The van der Waals surface area contributed by atoms with Gasteiger partial charge in [-0.2, -0.15) is 0 Å². The van der Waals surface area contributed by atoms with E-state index in [-0.39, 0.29) is 17.7 Å². The van der Waals surface area contributed by atoms with Crippen molar-refractivity contribution >= 4 is 40.6 Å². The van der Waals surface area contributed by atoms with Crippen LogP contribution in [0.3, 0.4) is 0 Å². The predicted octanol–water partition coefficient (Wildman–Crippen LogP) is 5.38. The first-order chi connectivity index (χ1) is 13.9. The van der Waals surface area contributed by atoms with E-state index < -0.39 is 0 Å². The second kappa shape index (κ2) is 7.89. The highest BCUT2D eigenvalue weighted by Crippen LogP contribution is 2.34. The van der Waals surface area contributed by atoms with E-state index in [4.69, 9.17) is 11.6 Å². The molecule has 2 aromatic heterocycles. The fourth-order valence-corrected chi connectivity index (χ4v) is 4.28. The molecule has 29 heavy (non-hydrogen) atoms. The van der Waals surface area contributed by atoms with Crippen LogP contribution in [0.5, 0.6) is 0 Å². The van der Waals surface area contributed by atoms with Crippen molar-refractivity contribution in [3.63, 3.8) is 0 Å². The predicted molar refractivity (Wildman–Crippen MR) is 116 cm³/mol. The Hall–Kier alpha value is -2.83. The Morgan fingerprint density at radius 2 is 1.86 bits per heavy atom. The fraction of sp³-hybridized carbons (Fsp3) is 0.136. The molecule has 3 heterocycles. The van der Waals surface area contributed by atoms with Gasteiger partial charge in [-0.3, -0.25) is 14.5 Å². The molecule has 1 aliphatic rings. The lowest BCUT2D eigenvalue weighted by Gasteiger charge is -2.12. The van der Waals surface area contributed by atoms with Crippen molar-refractivity contribution in [3.8, 4) is 5.82 Å². The first-order valence-electron chi connectivity index (χ1n) is 9.04. The molecule has 4 rings (SSSR count). The lowest BCUT2D eigenvalue weighted by Crippen LogP contribution is -2.27. The third-order valence-electron chi connectivity index (χ3n) is 4.76. The summed E-state index contributed by atoms with van der Waals surface area (Å²) in [6.45, 7) is 4.20. The number of carbonyl (C=O) groups excluding carboxylic acids is 2. The molecule has 0 spiro atoms. The summed E-state index contributed by atoms with van der Waals surface area (Å²) in [5.74, 6) is 0.538. The first kappa shape index (κ1) is 19.5. The molecule has 0 atom stereocenters. The largest absolute Gasteiger partial charge is 0.303 e. The zero-order valence-corrected chi connectivity index (χ0v) is 17.5. The molecule has 1 fully saturated rings. The number of carbonyl (C=O) groups is 2. The quantitative estimate of drug-likeness (QED) is 0.528. The minimum atomic E-state index is -0.280. The summed E-state index contributed by atoms with van der Waals surface area (Å²) in [4.78, 5) is 31.3. The normalized spacial score (nSPS) is 15.6. The van der Waals surface area contributed by atoms with Crippen molar-refractivity contribution in [2.45, 2.75) is 20.4 Å². The van der Waals surface area contributed by atoms with Gasteiger partial charge in [0.15, 0.2) is 0 Å². The number of benzene rings is 1. The Balaban J connectivity index is 1.62. The van der Waals surface area contributed by atoms with Gasteiger partial charge in [-0.1, -0.05) is 29.8 Å². The highest BCUT2D eigenvalue weighted by atomic mass is 35.5. The number of nitrogens with zero attached hydrogens (tertiary/aromatic N) is 3. The summed E-state index contributed by atoms with van der Waals surface area (Å²) in [6.07, 6.45) is 3.53. The Morgan fingerprint density at radius 1 is 1.10 bits per heavy atom. The van der Waals surface area contributed by atoms with Gasteiger partial charge in [-0.05, 0) is 73.1 Å². The van der Waals surface area contributed by atoms with Crippen molar-refractivity contribution in [2.24, 2.45) is 0 Å². The summed E-state index contributed by atoms with van der Waals surface area (Å²) in [5, 5.41) is 0.348. The molecule has 2 amide bonds. The molecule has 0 unspecified atom stereocenters. The summed E-state index contributed by atoms with van der Waals surface area (Å²) < 4.78 is 2.03. The number of amides is 2. The van der Waals surface area contributed by atoms with Gasteiger partial charge >= 0.3 is 0 Å². The third-order valence-corrected chi connectivity index (χ3v) is 5.92. The number of pyridine rings is 1. The molecular formula is C22H18ClN3O2S. The SMILES string of the molecule is Cc1cc(/C=C2/SC(=O)N(Cc3ccc(Cl)cc3)C2=O)c(C)n1-c1ccccn1. The Kier molecular flexibility index (Phi) is 5.30. The van der Waals surface area contributed by atoms with E-state index >= 15 is 0 Å². The second-order valence-corrected chi connectivity index (χ2v) is 8.17. The molecule has 0 bridgehead atoms. The van der Waals surface area contributed by atoms with Crippen LogP contribution in [0.2, 0.25) is 5.02 Å². The van der Waals surface area contributed by atoms with Crippen LogP contribution in [0.1, 0.15) is 22.5 Å². The van der Waals surface area contributed by atoms with Crippen molar-refractivity contribution in [1.29, 1.82) is 0 Å². The van der Waals surface area contributed by atoms with Crippen LogP contribution in [-0.4, -0.2) is 25.6 Å². The van der Waals surface area contributed by atoms with Gasteiger partial charge in [0.1, 0.15) is 5.82 Å². The molecule has 1 saturated heterocycles. The van der Waals surface area contributed by atoms with E-state index in [1.54, 1.807) is 24.4 Å². The van der Waals surface area contributed by atoms with Gasteiger partial charge < -0.3 is 4.57 Å². The Bertz CT molecular complexity index is 1120. The van der Waals surface area contributed by atoms with Crippen LogP contribution in [-0.2, 0) is 11.3 Å². The maximum Gasteiger partial charge on any atom is 0.293 e. The minimum absolute atomic E-state index is 0.228. The fourth-order valence-electron chi connectivity index (χ4n) is 3.32. The van der Waals surface area contributed by atoms with Crippen molar-refractivity contribution < 1.29 is 9.59 Å². The van der Waals surface area contributed by atoms with Crippen LogP contribution in [0.4, 0.5) is 4.79 Å². The second-order valence-electron chi connectivity index (χ2n) is 6.74. The van der Waals surface area contributed by atoms with Crippen LogP contribution in [0.25, 0.3) is 11.9 Å². The average Bonchev–Trinajstić information content (AvgIpc) is 3.14. The van der Waals surface area contributed by atoms with Crippen molar-refractivity contribution in [2.75, 3.05) is 0 Å². The van der Waals surface area contributed by atoms with Crippen LogP contribution in [0.15, 0.2) is 59.6 Å². The van der Waals surface area contributed by atoms with Crippen molar-refractivity contribution in [1.82, 2.24) is 14.5 Å². The molecule has 0 N–H and O–H groups in total. The van der Waals surface area contributed by atoms with Gasteiger partial charge in [-0.25, -0.2) is 4.98 Å². The van der Waals surface area contributed by atoms with E-state index in [1.165, 1.54) is 4.90 Å². The molecule has 0 radical (unpaired) electrons. The number of imide groups is 1. The molecule has 1 aliphatic heterocycles. The summed E-state index contributed by atoms with van der Waals surface area (Å²) in [5.41, 5.74) is 3.72. The summed E-state index contributed by atoms with van der Waals surface area (Å²) in [6, 6.07) is 14.9. The smallest absolute Gasteiger partial charge is 0.293 e. The maximum atomic E-state index is 12.8. The Morgan fingerprint density at radius 3 is 2.55 bits per heavy atom. The molecular weight excluding hydrogens is 406 g/mol. The van der Waals surface area contributed by atoms with E-state index in [1.807, 2.05) is 54.8 Å². The lowest BCUT2D eigenvalue weighted by atomic mass is 10.2. The summed E-state index contributed by atoms with van der Waals surface area (Å²) in [7, 11) is 0. The standard InChI is InChI=1S/C22H18ClN3O2S/c1-14-11-17(15(2)26(14)20-5-3-4-10-24-20)12-19-21(27)25(22(28)29-19)13-16-6-8-18(23)9-7-16/h3-12H,13H2,1-2H3/b19-12+. The molecule has 3 aromatic rings. The molecule has 146 valence electrons. The first-order valence-corrected chi connectivity index (χ1v) is 10.2. The number of aromatic nitrogens is 2. The van der Waals surface area contributed by atoms with Crippen LogP contribution < -0.4 is 0 Å². The Labute approximate surface area is 178 Å². The van der Waals surface area contributed by atoms with E-state index in [0.29, 0.717) is 9.93 Å². The highest BCUT2D eigenvalue weighted by molar-refractivity contribution is 8.18. The zero-order chi connectivity index (χ0) is 20.5. The monoisotopic (exact) mass is 423 g/mol. The van der Waals surface area contributed by atoms with E-state index in [9.17, 15) is 9.59 Å². The number of aryl methyl sites for hydroxylation is 1. The molecule has 0 saturated carbocycles. The van der Waals surface area contributed by atoms with Crippen molar-refractivity contribution in [3.05, 3.63) is 87.2 Å². The molecule has 0 aliphatic carbocycles. The zero-order valence-electron chi connectivity index (χ0n) is 15.9. The van der Waals surface area contributed by atoms with Gasteiger partial charge in [0.2, 0.25) is 0 Å². The van der Waals surface area contributed by atoms with Crippen LogP contribution in [0, 0.1) is 13.8 Å². The maximum absolute atomic E-state index is 12.8. The van der Waals surface area contributed by atoms with Gasteiger partial charge in [0, 0.05) is 22.6 Å². The van der Waals surface area contributed by atoms with Gasteiger partial charge in [0.25, 0.3) is 11.1 Å². The number of halogens is 1. The lowest BCUT2D eigenvalue weighted by molar-refractivity contribution is -0.123.